The van der Waals surface area contributed by atoms with Gasteiger partial charge in [0.2, 0.25) is 5.91 Å². The summed E-state index contributed by atoms with van der Waals surface area (Å²) in [5.41, 5.74) is 6.79. The Hall–Kier alpha value is -3.89. The standard InChI is InChI=1S/C22H18ClN5O4S/c1-32-14-9-10-16(23)19(12-14)27-21-22(26-18-8-3-2-7-17(18)25-21)28-33(30,31)15-6-4-5-13(11-15)20(24)29/h2-12H,1H3,(H2,24,29)(H,25,27)(H,26,28). The molecule has 0 saturated carbocycles. The van der Waals surface area contributed by atoms with Crippen molar-refractivity contribution in [2.24, 2.45) is 5.73 Å². The predicted octanol–water partition coefficient (Wildman–Crippen LogP) is 3.94. The topological polar surface area (TPSA) is 136 Å². The SMILES string of the molecule is COc1ccc(Cl)c(Nc2nc3ccccc3nc2NS(=O)(=O)c2cccc(C(N)=O)c2)c1. The highest BCUT2D eigenvalue weighted by molar-refractivity contribution is 7.92. The van der Waals surface area contributed by atoms with Gasteiger partial charge in [-0.25, -0.2) is 18.4 Å². The van der Waals surface area contributed by atoms with Crippen molar-refractivity contribution in [2.45, 2.75) is 4.90 Å². The van der Waals surface area contributed by atoms with Crippen LogP contribution in [0.5, 0.6) is 5.75 Å². The summed E-state index contributed by atoms with van der Waals surface area (Å²) in [7, 11) is -2.62. The van der Waals surface area contributed by atoms with E-state index in [1.807, 2.05) is 0 Å². The number of para-hydroxylation sites is 2. The lowest BCUT2D eigenvalue weighted by Crippen LogP contribution is -2.17. The second-order valence-electron chi connectivity index (χ2n) is 6.88. The molecule has 0 saturated heterocycles. The molecule has 0 unspecified atom stereocenters. The molecule has 9 nitrogen and oxygen atoms in total. The lowest BCUT2D eigenvalue weighted by atomic mass is 10.2. The zero-order valence-corrected chi connectivity index (χ0v) is 18.8. The second kappa shape index (κ2) is 8.93. The third kappa shape index (κ3) is 4.81. The molecule has 1 heterocycles. The number of amides is 1. The van der Waals surface area contributed by atoms with E-state index in [2.05, 4.69) is 20.0 Å². The molecule has 0 aliphatic heterocycles. The molecule has 11 heteroatoms. The number of aromatic nitrogens is 2. The van der Waals surface area contributed by atoms with Crippen LogP contribution in [-0.2, 0) is 10.0 Å². The Bertz CT molecular complexity index is 1480. The van der Waals surface area contributed by atoms with Crippen LogP contribution < -0.4 is 20.5 Å². The molecule has 3 aromatic carbocycles. The van der Waals surface area contributed by atoms with Crippen LogP contribution in [0.2, 0.25) is 5.02 Å². The van der Waals surface area contributed by atoms with E-state index >= 15 is 0 Å². The van der Waals surface area contributed by atoms with E-state index in [9.17, 15) is 13.2 Å². The number of sulfonamides is 1. The Morgan fingerprint density at radius 3 is 2.33 bits per heavy atom. The number of nitrogens with one attached hydrogen (secondary N) is 2. The molecule has 0 radical (unpaired) electrons. The largest absolute Gasteiger partial charge is 0.497 e. The molecular formula is C22H18ClN5O4S. The van der Waals surface area contributed by atoms with Crippen molar-refractivity contribution in [1.82, 2.24) is 9.97 Å². The van der Waals surface area contributed by atoms with Crippen LogP contribution in [0.25, 0.3) is 11.0 Å². The third-order valence-corrected chi connectivity index (χ3v) is 6.32. The van der Waals surface area contributed by atoms with E-state index in [4.69, 9.17) is 22.1 Å². The van der Waals surface area contributed by atoms with Crippen molar-refractivity contribution in [1.29, 1.82) is 0 Å². The van der Waals surface area contributed by atoms with Gasteiger partial charge in [0.1, 0.15) is 5.75 Å². The molecule has 0 bridgehead atoms. The number of ether oxygens (including phenoxy) is 1. The first-order chi connectivity index (χ1) is 15.8. The number of halogens is 1. The number of carbonyl (C=O) groups is 1. The predicted molar refractivity (Wildman–Crippen MR) is 127 cm³/mol. The van der Waals surface area contributed by atoms with Gasteiger partial charge in [-0.05, 0) is 42.5 Å². The van der Waals surface area contributed by atoms with Crippen LogP contribution >= 0.6 is 11.6 Å². The number of nitrogens with zero attached hydrogens (tertiary/aromatic N) is 2. The van der Waals surface area contributed by atoms with E-state index in [0.717, 1.165) is 0 Å². The monoisotopic (exact) mass is 483 g/mol. The summed E-state index contributed by atoms with van der Waals surface area (Å²) in [6, 6.07) is 17.4. The average molecular weight is 484 g/mol. The Morgan fingerprint density at radius 2 is 1.67 bits per heavy atom. The van der Waals surface area contributed by atoms with Gasteiger partial charge in [-0.15, -0.1) is 0 Å². The number of benzene rings is 3. The first kappa shape index (κ1) is 22.3. The summed E-state index contributed by atoms with van der Waals surface area (Å²) >= 11 is 6.30. The van der Waals surface area contributed by atoms with Crippen LogP contribution in [0.15, 0.2) is 71.6 Å². The van der Waals surface area contributed by atoms with Gasteiger partial charge in [0.15, 0.2) is 11.6 Å². The van der Waals surface area contributed by atoms with E-state index in [1.54, 1.807) is 42.5 Å². The van der Waals surface area contributed by atoms with Crippen molar-refractivity contribution >= 4 is 55.9 Å². The van der Waals surface area contributed by atoms with Gasteiger partial charge >= 0.3 is 0 Å². The van der Waals surface area contributed by atoms with Gasteiger partial charge in [-0.2, -0.15) is 0 Å². The van der Waals surface area contributed by atoms with E-state index in [1.165, 1.54) is 31.4 Å². The Labute approximate surface area is 194 Å². The highest BCUT2D eigenvalue weighted by Gasteiger charge is 2.20. The Kier molecular flexibility index (Phi) is 6.03. The van der Waals surface area contributed by atoms with Gasteiger partial charge in [0.05, 0.1) is 33.7 Å². The summed E-state index contributed by atoms with van der Waals surface area (Å²) < 4.78 is 33.8. The zero-order chi connectivity index (χ0) is 23.6. The fourth-order valence-corrected chi connectivity index (χ4v) is 4.24. The van der Waals surface area contributed by atoms with Gasteiger partial charge in [0.25, 0.3) is 10.0 Å². The lowest BCUT2D eigenvalue weighted by molar-refractivity contribution is 0.1000. The number of hydrogen-bond donors (Lipinski definition) is 3. The molecule has 4 N–H and O–H groups in total. The van der Waals surface area contributed by atoms with E-state index < -0.39 is 15.9 Å². The zero-order valence-electron chi connectivity index (χ0n) is 17.2. The number of rotatable bonds is 7. The van der Waals surface area contributed by atoms with Crippen LogP contribution in [-0.4, -0.2) is 31.4 Å². The highest BCUT2D eigenvalue weighted by Crippen LogP contribution is 2.32. The minimum absolute atomic E-state index is 0.0583. The molecule has 168 valence electrons. The molecule has 0 aliphatic rings. The van der Waals surface area contributed by atoms with Crippen LogP contribution in [0.4, 0.5) is 17.3 Å². The summed E-state index contributed by atoms with van der Waals surface area (Å²) in [4.78, 5) is 20.3. The first-order valence-electron chi connectivity index (χ1n) is 9.57. The fraction of sp³-hybridized carbons (Fsp3) is 0.0455. The molecule has 0 aliphatic carbocycles. The molecule has 4 aromatic rings. The molecule has 0 spiro atoms. The van der Waals surface area contributed by atoms with Crippen molar-refractivity contribution in [3.05, 3.63) is 77.3 Å². The van der Waals surface area contributed by atoms with Crippen molar-refractivity contribution in [3.63, 3.8) is 0 Å². The smallest absolute Gasteiger partial charge is 0.263 e. The summed E-state index contributed by atoms with van der Waals surface area (Å²) in [6.07, 6.45) is 0. The molecular weight excluding hydrogens is 466 g/mol. The van der Waals surface area contributed by atoms with Gasteiger partial charge < -0.3 is 15.8 Å². The number of hydrogen-bond acceptors (Lipinski definition) is 7. The summed E-state index contributed by atoms with van der Waals surface area (Å²) in [5, 5.41) is 3.39. The van der Waals surface area contributed by atoms with Crippen LogP contribution in [0.1, 0.15) is 10.4 Å². The Balaban J connectivity index is 1.80. The van der Waals surface area contributed by atoms with E-state index in [-0.39, 0.29) is 22.1 Å². The number of fused-ring (bicyclic) bond motifs is 1. The minimum atomic E-state index is -4.13. The maximum absolute atomic E-state index is 13.1. The number of carbonyl (C=O) groups excluding carboxylic acids is 1. The molecule has 4 rings (SSSR count). The molecule has 33 heavy (non-hydrogen) atoms. The molecule has 0 atom stereocenters. The van der Waals surface area contributed by atoms with Crippen LogP contribution in [0.3, 0.4) is 0 Å². The van der Waals surface area contributed by atoms with E-state index in [0.29, 0.717) is 27.5 Å². The lowest BCUT2D eigenvalue weighted by Gasteiger charge is -2.15. The maximum Gasteiger partial charge on any atom is 0.263 e. The van der Waals surface area contributed by atoms with Gasteiger partial charge in [0, 0.05) is 11.6 Å². The molecule has 1 amide bonds. The third-order valence-electron chi connectivity index (χ3n) is 4.66. The van der Waals surface area contributed by atoms with Crippen molar-refractivity contribution in [3.8, 4) is 5.75 Å². The molecule has 0 fully saturated rings. The first-order valence-corrected chi connectivity index (χ1v) is 11.4. The second-order valence-corrected chi connectivity index (χ2v) is 8.97. The summed E-state index contributed by atoms with van der Waals surface area (Å²) in [5.74, 6) is -0.135. The Morgan fingerprint density at radius 1 is 0.970 bits per heavy atom. The summed E-state index contributed by atoms with van der Waals surface area (Å²) in [6.45, 7) is 0. The van der Waals surface area contributed by atoms with Gasteiger partial charge in [-0.3, -0.25) is 9.52 Å². The number of anilines is 3. The van der Waals surface area contributed by atoms with Crippen molar-refractivity contribution < 1.29 is 17.9 Å². The fourth-order valence-electron chi connectivity index (χ4n) is 3.02. The number of primary amides is 1. The van der Waals surface area contributed by atoms with Gasteiger partial charge in [-0.1, -0.05) is 29.8 Å². The maximum atomic E-state index is 13.1. The normalized spacial score (nSPS) is 11.2. The highest BCUT2D eigenvalue weighted by atomic mass is 35.5. The quantitative estimate of drug-likeness (QED) is 0.362. The minimum Gasteiger partial charge on any atom is -0.497 e. The number of nitrogens with two attached hydrogens (primary N) is 1. The molecule has 1 aromatic heterocycles. The van der Waals surface area contributed by atoms with Crippen LogP contribution in [0, 0.1) is 0 Å². The van der Waals surface area contributed by atoms with Crippen molar-refractivity contribution in [2.75, 3.05) is 17.1 Å². The average Bonchev–Trinajstić information content (AvgIpc) is 2.80. The number of methoxy groups -OCH3 is 1.